The molecule has 1 unspecified atom stereocenters. The van der Waals surface area contributed by atoms with Gasteiger partial charge in [-0.05, 0) is 31.4 Å². The molecule has 1 aromatic rings. The number of nitrogens with zero attached hydrogens (tertiary/aromatic N) is 3. The minimum atomic E-state index is -3.52. The van der Waals surface area contributed by atoms with Gasteiger partial charge in [-0.2, -0.15) is 4.98 Å². The molecule has 1 saturated heterocycles. The predicted octanol–water partition coefficient (Wildman–Crippen LogP) is 1.15. The Balaban J connectivity index is 2.24. The van der Waals surface area contributed by atoms with E-state index in [1.54, 1.807) is 0 Å². The van der Waals surface area contributed by atoms with E-state index in [0.29, 0.717) is 50.0 Å². The van der Waals surface area contributed by atoms with Crippen LogP contribution < -0.4 is 9.64 Å². The lowest BCUT2D eigenvalue weighted by Crippen LogP contribution is -2.42. The standard InChI is InChI=1S/C16H24ClN3O5S/c1-11-3-8-25-12-13(16(26(2,22)23)4-9-24-10-5-16)18-15(17)19-14(12)20(11)6-7-21/h11,21H,3-10H2,1-2H3. The van der Waals surface area contributed by atoms with Crippen molar-refractivity contribution in [3.05, 3.63) is 11.0 Å². The maximum atomic E-state index is 12.8. The monoisotopic (exact) mass is 405 g/mol. The van der Waals surface area contributed by atoms with E-state index in [1.165, 1.54) is 6.26 Å². The maximum Gasteiger partial charge on any atom is 0.224 e. The third kappa shape index (κ3) is 3.37. The Morgan fingerprint density at radius 3 is 2.62 bits per heavy atom. The fourth-order valence-corrected chi connectivity index (χ4v) is 5.23. The summed E-state index contributed by atoms with van der Waals surface area (Å²) in [6.45, 7) is 3.33. The summed E-state index contributed by atoms with van der Waals surface area (Å²) >= 11 is 6.19. The Bertz CT molecular complexity index is 767. The highest BCUT2D eigenvalue weighted by atomic mass is 35.5. The van der Waals surface area contributed by atoms with Crippen LogP contribution in [0.25, 0.3) is 0 Å². The molecule has 2 aliphatic heterocycles. The summed E-state index contributed by atoms with van der Waals surface area (Å²) in [5.41, 5.74) is 0.301. The number of aliphatic hydroxyl groups excluding tert-OH is 1. The molecule has 0 bridgehead atoms. The van der Waals surface area contributed by atoms with Crippen molar-refractivity contribution in [1.82, 2.24) is 9.97 Å². The second-order valence-corrected chi connectivity index (χ2v) is 9.44. The van der Waals surface area contributed by atoms with Crippen molar-refractivity contribution in [3.8, 4) is 5.75 Å². The van der Waals surface area contributed by atoms with Crippen molar-refractivity contribution < 1.29 is 23.0 Å². The van der Waals surface area contributed by atoms with Crippen LogP contribution in [0.3, 0.4) is 0 Å². The molecule has 3 heterocycles. The lowest BCUT2D eigenvalue weighted by Gasteiger charge is -2.36. The fraction of sp³-hybridized carbons (Fsp3) is 0.750. The number of anilines is 1. The van der Waals surface area contributed by atoms with Gasteiger partial charge < -0.3 is 19.5 Å². The van der Waals surface area contributed by atoms with E-state index < -0.39 is 14.6 Å². The highest BCUT2D eigenvalue weighted by molar-refractivity contribution is 7.91. The van der Waals surface area contributed by atoms with Gasteiger partial charge in [0.05, 0.1) is 13.2 Å². The summed E-state index contributed by atoms with van der Waals surface area (Å²) in [5.74, 6) is 0.785. The first-order chi connectivity index (χ1) is 12.3. The number of hydrogen-bond donors (Lipinski definition) is 1. The van der Waals surface area contributed by atoms with Crippen LogP contribution in [0.15, 0.2) is 0 Å². The molecule has 146 valence electrons. The van der Waals surface area contributed by atoms with Gasteiger partial charge >= 0.3 is 0 Å². The average Bonchev–Trinajstić information content (AvgIpc) is 2.74. The van der Waals surface area contributed by atoms with Crippen molar-refractivity contribution in [2.45, 2.75) is 37.0 Å². The van der Waals surface area contributed by atoms with E-state index in [4.69, 9.17) is 21.1 Å². The van der Waals surface area contributed by atoms with E-state index in [2.05, 4.69) is 9.97 Å². The zero-order valence-corrected chi connectivity index (χ0v) is 16.5. The number of halogens is 1. The Morgan fingerprint density at radius 1 is 1.31 bits per heavy atom. The first kappa shape index (κ1) is 19.6. The van der Waals surface area contributed by atoms with Gasteiger partial charge in [-0.25, -0.2) is 13.4 Å². The van der Waals surface area contributed by atoms with Gasteiger partial charge in [0.2, 0.25) is 5.28 Å². The molecular formula is C16H24ClN3O5S. The molecule has 8 nitrogen and oxygen atoms in total. The molecule has 2 aliphatic rings. The molecule has 26 heavy (non-hydrogen) atoms. The fourth-order valence-electron chi connectivity index (χ4n) is 3.66. The normalized spacial score (nSPS) is 23.1. The zero-order chi connectivity index (χ0) is 18.9. The van der Waals surface area contributed by atoms with Crippen LogP contribution in [0.2, 0.25) is 5.28 Å². The minimum absolute atomic E-state index is 0.0334. The van der Waals surface area contributed by atoms with Crippen molar-refractivity contribution in [2.75, 3.05) is 44.1 Å². The van der Waals surface area contributed by atoms with Gasteiger partial charge in [-0.1, -0.05) is 0 Å². The highest BCUT2D eigenvalue weighted by Gasteiger charge is 2.49. The van der Waals surface area contributed by atoms with E-state index in [9.17, 15) is 13.5 Å². The first-order valence-electron chi connectivity index (χ1n) is 8.66. The summed E-state index contributed by atoms with van der Waals surface area (Å²) in [4.78, 5) is 10.5. The summed E-state index contributed by atoms with van der Waals surface area (Å²) in [7, 11) is -3.52. The van der Waals surface area contributed by atoms with Crippen LogP contribution in [-0.2, 0) is 19.3 Å². The van der Waals surface area contributed by atoms with Crippen molar-refractivity contribution >= 4 is 27.3 Å². The van der Waals surface area contributed by atoms with Gasteiger partial charge in [0.1, 0.15) is 10.4 Å². The molecule has 0 amide bonds. The number of aromatic nitrogens is 2. The molecule has 0 aromatic carbocycles. The zero-order valence-electron chi connectivity index (χ0n) is 14.9. The molecule has 1 fully saturated rings. The van der Waals surface area contributed by atoms with Crippen LogP contribution >= 0.6 is 11.6 Å². The van der Waals surface area contributed by atoms with Gasteiger partial charge in [0.25, 0.3) is 0 Å². The third-order valence-electron chi connectivity index (χ3n) is 5.19. The maximum absolute atomic E-state index is 12.8. The molecule has 1 N–H and O–H groups in total. The second-order valence-electron chi connectivity index (χ2n) is 6.78. The predicted molar refractivity (Wildman–Crippen MR) is 97.6 cm³/mol. The second kappa shape index (κ2) is 7.46. The molecule has 1 aromatic heterocycles. The van der Waals surface area contributed by atoms with E-state index in [1.807, 2.05) is 11.8 Å². The first-order valence-corrected chi connectivity index (χ1v) is 10.9. The number of β-amino-alcohol motifs (C(OH)–C–C–N with tert-alkyl or cyclic N) is 1. The molecule has 0 radical (unpaired) electrons. The number of ether oxygens (including phenoxy) is 2. The van der Waals surface area contributed by atoms with Gasteiger partial charge in [-0.15, -0.1) is 0 Å². The number of aliphatic hydroxyl groups is 1. The lowest BCUT2D eigenvalue weighted by atomic mass is 9.94. The molecule has 0 aliphatic carbocycles. The Kier molecular flexibility index (Phi) is 5.62. The molecular weight excluding hydrogens is 382 g/mol. The van der Waals surface area contributed by atoms with Crippen molar-refractivity contribution in [1.29, 1.82) is 0 Å². The van der Waals surface area contributed by atoms with Gasteiger partial charge in [0.15, 0.2) is 21.4 Å². The van der Waals surface area contributed by atoms with Gasteiger partial charge in [-0.3, -0.25) is 0 Å². The van der Waals surface area contributed by atoms with Crippen LogP contribution in [0.1, 0.15) is 31.9 Å². The molecule has 0 saturated carbocycles. The summed E-state index contributed by atoms with van der Waals surface area (Å²) in [6.07, 6.45) is 2.49. The number of fused-ring (bicyclic) bond motifs is 1. The average molecular weight is 406 g/mol. The quantitative estimate of drug-likeness (QED) is 0.744. The number of rotatable bonds is 4. The van der Waals surface area contributed by atoms with Crippen molar-refractivity contribution in [2.24, 2.45) is 0 Å². The van der Waals surface area contributed by atoms with Gasteiger partial charge in [0, 0.05) is 38.5 Å². The molecule has 10 heteroatoms. The summed E-state index contributed by atoms with van der Waals surface area (Å²) < 4.78 is 35.7. The van der Waals surface area contributed by atoms with Crippen LogP contribution in [0.4, 0.5) is 5.82 Å². The van der Waals surface area contributed by atoms with E-state index >= 15 is 0 Å². The molecule has 0 spiro atoms. The Morgan fingerprint density at radius 2 is 2.00 bits per heavy atom. The third-order valence-corrected chi connectivity index (χ3v) is 7.38. The van der Waals surface area contributed by atoms with Crippen LogP contribution in [-0.4, -0.2) is 68.8 Å². The molecule has 1 atom stereocenters. The largest absolute Gasteiger partial charge is 0.488 e. The van der Waals surface area contributed by atoms with Crippen molar-refractivity contribution in [3.63, 3.8) is 0 Å². The van der Waals surface area contributed by atoms with E-state index in [0.717, 1.165) is 0 Å². The SMILES string of the molecule is CC1CCOc2c(nc(Cl)nc2C2(S(C)(=O)=O)CCOCC2)N1CCO. The summed E-state index contributed by atoms with van der Waals surface area (Å²) in [6, 6.07) is 0.0612. The molecule has 3 rings (SSSR count). The highest BCUT2D eigenvalue weighted by Crippen LogP contribution is 2.47. The topological polar surface area (TPSA) is 102 Å². The van der Waals surface area contributed by atoms with E-state index in [-0.39, 0.29) is 30.8 Å². The summed E-state index contributed by atoms with van der Waals surface area (Å²) in [5, 5.41) is 9.42. The van der Waals surface area contributed by atoms with Crippen LogP contribution in [0, 0.1) is 0 Å². The minimum Gasteiger partial charge on any atom is -0.488 e. The Labute approximate surface area is 158 Å². The smallest absolute Gasteiger partial charge is 0.224 e. The lowest BCUT2D eigenvalue weighted by molar-refractivity contribution is 0.0722. The van der Waals surface area contributed by atoms with Crippen LogP contribution in [0.5, 0.6) is 5.75 Å². The Hall–Kier alpha value is -1.16. The number of sulfone groups is 1. The number of hydrogen-bond acceptors (Lipinski definition) is 8.